The Bertz CT molecular complexity index is 1040. The minimum absolute atomic E-state index is 0.0826. The van der Waals surface area contributed by atoms with Crippen LogP contribution < -0.4 is 5.32 Å². The smallest absolute Gasteiger partial charge is 0.230 e. The highest BCUT2D eigenvalue weighted by Gasteiger charge is 2.30. The van der Waals surface area contributed by atoms with E-state index in [2.05, 4.69) is 32.2 Å². The van der Waals surface area contributed by atoms with Crippen molar-refractivity contribution in [2.75, 3.05) is 5.75 Å². The van der Waals surface area contributed by atoms with Crippen LogP contribution in [-0.2, 0) is 11.3 Å². The largest absolute Gasteiger partial charge is 0.349 e. The van der Waals surface area contributed by atoms with Crippen molar-refractivity contribution in [1.29, 1.82) is 0 Å². The van der Waals surface area contributed by atoms with Crippen LogP contribution in [0.25, 0.3) is 0 Å². The fraction of sp³-hybridized carbons (Fsp3) is 0.318. The zero-order chi connectivity index (χ0) is 21.1. The molecule has 0 aliphatic heterocycles. The summed E-state index contributed by atoms with van der Waals surface area (Å²) in [5.41, 5.74) is 2.03. The number of amides is 1. The number of carbonyl (C=O) groups is 1. The molecule has 0 spiro atoms. The second-order valence-electron chi connectivity index (χ2n) is 7.43. The topological polar surface area (TPSA) is 59.8 Å². The summed E-state index contributed by atoms with van der Waals surface area (Å²) in [7, 11) is 0. The maximum absolute atomic E-state index is 12.5. The highest BCUT2D eigenvalue weighted by atomic mass is 35.5. The van der Waals surface area contributed by atoms with E-state index in [-0.39, 0.29) is 17.7 Å². The molecule has 5 nitrogen and oxygen atoms in total. The molecule has 30 heavy (non-hydrogen) atoms. The molecule has 3 aromatic rings. The van der Waals surface area contributed by atoms with E-state index in [1.165, 1.54) is 17.3 Å². The van der Waals surface area contributed by atoms with Crippen LogP contribution in [0.2, 0.25) is 10.0 Å². The van der Waals surface area contributed by atoms with Gasteiger partial charge in [-0.3, -0.25) is 4.79 Å². The number of hydrogen-bond acceptors (Lipinski definition) is 4. The third kappa shape index (κ3) is 5.17. The van der Waals surface area contributed by atoms with E-state index in [1.807, 2.05) is 31.2 Å². The maximum Gasteiger partial charge on any atom is 0.230 e. The van der Waals surface area contributed by atoms with Crippen molar-refractivity contribution in [2.45, 2.75) is 43.4 Å². The van der Waals surface area contributed by atoms with Gasteiger partial charge in [-0.05, 0) is 43.0 Å². The second-order valence-corrected chi connectivity index (χ2v) is 9.22. The Morgan fingerprint density at radius 3 is 2.67 bits per heavy atom. The van der Waals surface area contributed by atoms with Gasteiger partial charge in [-0.2, -0.15) is 0 Å². The van der Waals surface area contributed by atoms with Gasteiger partial charge in [0.15, 0.2) is 5.16 Å². The van der Waals surface area contributed by atoms with Gasteiger partial charge in [0, 0.05) is 16.0 Å². The fourth-order valence-electron chi connectivity index (χ4n) is 3.31. The lowest BCUT2D eigenvalue weighted by molar-refractivity contribution is -0.119. The lowest BCUT2D eigenvalue weighted by Crippen LogP contribution is -2.28. The summed E-state index contributed by atoms with van der Waals surface area (Å²) in [6, 6.07) is 15.3. The van der Waals surface area contributed by atoms with Gasteiger partial charge in [-0.1, -0.05) is 71.4 Å². The first-order chi connectivity index (χ1) is 14.5. The molecule has 0 saturated heterocycles. The van der Waals surface area contributed by atoms with Crippen LogP contribution in [0.3, 0.4) is 0 Å². The van der Waals surface area contributed by atoms with Crippen LogP contribution in [0.1, 0.15) is 48.7 Å². The van der Waals surface area contributed by atoms with Gasteiger partial charge in [0.2, 0.25) is 5.91 Å². The van der Waals surface area contributed by atoms with Crippen molar-refractivity contribution >= 4 is 40.9 Å². The molecule has 1 heterocycles. The molecule has 1 aliphatic carbocycles. The fourth-order valence-corrected chi connectivity index (χ4v) is 4.64. The molecule has 1 aliphatic rings. The molecule has 1 amide bonds. The number of nitrogens with zero attached hydrogens (tertiary/aromatic N) is 3. The zero-order valence-electron chi connectivity index (χ0n) is 16.5. The SMILES string of the molecule is CC(NC(=O)CSc1nnc(C2CC2)n1Cc1ccccc1)c1ccc(Cl)cc1Cl. The second kappa shape index (κ2) is 9.41. The van der Waals surface area contributed by atoms with E-state index in [1.54, 1.807) is 12.1 Å². The van der Waals surface area contributed by atoms with E-state index in [0.29, 0.717) is 22.5 Å². The van der Waals surface area contributed by atoms with Crippen LogP contribution in [-0.4, -0.2) is 26.4 Å². The predicted octanol–water partition coefficient (Wildman–Crippen LogP) is 5.48. The summed E-state index contributed by atoms with van der Waals surface area (Å²) in [5.74, 6) is 1.67. The Morgan fingerprint density at radius 1 is 1.20 bits per heavy atom. The number of benzene rings is 2. The van der Waals surface area contributed by atoms with Gasteiger partial charge in [0.1, 0.15) is 5.82 Å². The quantitative estimate of drug-likeness (QED) is 0.452. The molecule has 1 fully saturated rings. The van der Waals surface area contributed by atoms with E-state index >= 15 is 0 Å². The molecular weight excluding hydrogens is 439 g/mol. The highest BCUT2D eigenvalue weighted by molar-refractivity contribution is 7.99. The Labute approximate surface area is 190 Å². The summed E-state index contributed by atoms with van der Waals surface area (Å²) < 4.78 is 2.14. The van der Waals surface area contributed by atoms with E-state index in [9.17, 15) is 4.79 Å². The minimum atomic E-state index is -0.216. The lowest BCUT2D eigenvalue weighted by Gasteiger charge is -2.16. The molecule has 1 aromatic heterocycles. The number of nitrogens with one attached hydrogen (secondary N) is 1. The van der Waals surface area contributed by atoms with Crippen LogP contribution in [0.15, 0.2) is 53.7 Å². The van der Waals surface area contributed by atoms with Gasteiger partial charge >= 0.3 is 0 Å². The number of rotatable bonds is 8. The number of aromatic nitrogens is 3. The molecular formula is C22H22Cl2N4OS. The van der Waals surface area contributed by atoms with Gasteiger partial charge in [0.25, 0.3) is 0 Å². The molecule has 1 atom stereocenters. The summed E-state index contributed by atoms with van der Waals surface area (Å²) in [6.45, 7) is 2.61. The van der Waals surface area contributed by atoms with Crippen LogP contribution in [0, 0.1) is 0 Å². The molecule has 2 aromatic carbocycles. The standard InChI is InChI=1S/C22H22Cl2N4OS/c1-14(18-10-9-17(23)11-19(18)24)25-20(29)13-30-22-27-26-21(16-7-8-16)28(22)12-15-5-3-2-4-6-15/h2-6,9-11,14,16H,7-8,12-13H2,1H3,(H,25,29). The van der Waals surface area contributed by atoms with Crippen molar-refractivity contribution in [3.8, 4) is 0 Å². The van der Waals surface area contributed by atoms with Crippen LogP contribution in [0.4, 0.5) is 0 Å². The Kier molecular flexibility index (Phi) is 6.66. The van der Waals surface area contributed by atoms with Crippen molar-refractivity contribution in [3.05, 3.63) is 75.5 Å². The highest BCUT2D eigenvalue weighted by Crippen LogP contribution is 2.40. The Balaban J connectivity index is 1.41. The van der Waals surface area contributed by atoms with E-state index in [0.717, 1.165) is 29.4 Å². The summed E-state index contributed by atoms with van der Waals surface area (Å²) in [5, 5.41) is 13.7. The van der Waals surface area contributed by atoms with Crippen LogP contribution in [0.5, 0.6) is 0 Å². The van der Waals surface area contributed by atoms with E-state index in [4.69, 9.17) is 23.2 Å². The minimum Gasteiger partial charge on any atom is -0.349 e. The zero-order valence-corrected chi connectivity index (χ0v) is 18.8. The maximum atomic E-state index is 12.5. The van der Waals surface area contributed by atoms with Crippen LogP contribution >= 0.6 is 35.0 Å². The average Bonchev–Trinajstić information content (AvgIpc) is 3.49. The van der Waals surface area contributed by atoms with Crippen molar-refractivity contribution in [2.24, 2.45) is 0 Å². The molecule has 1 saturated carbocycles. The monoisotopic (exact) mass is 460 g/mol. The predicted molar refractivity (Wildman–Crippen MR) is 121 cm³/mol. The lowest BCUT2D eigenvalue weighted by atomic mass is 10.1. The van der Waals surface area contributed by atoms with Gasteiger partial charge < -0.3 is 9.88 Å². The average molecular weight is 461 g/mol. The third-order valence-electron chi connectivity index (χ3n) is 5.01. The van der Waals surface area contributed by atoms with Gasteiger partial charge in [-0.15, -0.1) is 10.2 Å². The first-order valence-corrected chi connectivity index (χ1v) is 11.6. The summed E-state index contributed by atoms with van der Waals surface area (Å²) in [6.07, 6.45) is 2.30. The number of thioether (sulfide) groups is 1. The van der Waals surface area contributed by atoms with Crippen molar-refractivity contribution in [1.82, 2.24) is 20.1 Å². The number of carbonyl (C=O) groups excluding carboxylic acids is 1. The molecule has 0 bridgehead atoms. The first-order valence-electron chi connectivity index (χ1n) is 9.85. The third-order valence-corrected chi connectivity index (χ3v) is 6.54. The van der Waals surface area contributed by atoms with Crippen molar-refractivity contribution in [3.63, 3.8) is 0 Å². The van der Waals surface area contributed by atoms with Crippen molar-refractivity contribution < 1.29 is 4.79 Å². The Hall–Kier alpha value is -2.02. The molecule has 4 rings (SSSR count). The van der Waals surface area contributed by atoms with E-state index < -0.39 is 0 Å². The molecule has 0 radical (unpaired) electrons. The number of hydrogen-bond donors (Lipinski definition) is 1. The molecule has 156 valence electrons. The summed E-state index contributed by atoms with van der Waals surface area (Å²) >= 11 is 13.6. The first kappa shape index (κ1) is 21.2. The molecule has 8 heteroatoms. The normalized spacial score (nSPS) is 14.5. The number of halogens is 2. The summed E-state index contributed by atoms with van der Waals surface area (Å²) in [4.78, 5) is 12.5. The van der Waals surface area contributed by atoms with Gasteiger partial charge in [-0.25, -0.2) is 0 Å². The van der Waals surface area contributed by atoms with Gasteiger partial charge in [0.05, 0.1) is 18.3 Å². The Morgan fingerprint density at radius 2 is 1.97 bits per heavy atom. The molecule has 1 unspecified atom stereocenters. The molecule has 1 N–H and O–H groups in total.